The van der Waals surface area contributed by atoms with Gasteiger partial charge in [0, 0.05) is 0 Å². The number of aliphatic hydroxyl groups is 1. The number of rotatable bonds is 0. The van der Waals surface area contributed by atoms with E-state index >= 15 is 0 Å². The third-order valence-corrected chi connectivity index (χ3v) is 3.02. The van der Waals surface area contributed by atoms with Gasteiger partial charge in [0.1, 0.15) is 0 Å². The zero-order valence-electron chi connectivity index (χ0n) is 5.71. The number of hydrogen-bond acceptors (Lipinski definition) is 1. The van der Waals surface area contributed by atoms with Crippen LogP contribution < -0.4 is 0 Å². The lowest BCUT2D eigenvalue weighted by Gasteiger charge is -2.24. The van der Waals surface area contributed by atoms with Crippen molar-refractivity contribution in [1.82, 2.24) is 0 Å². The summed E-state index contributed by atoms with van der Waals surface area (Å²) in [4.78, 5) is 0. The fourth-order valence-electron chi connectivity index (χ4n) is 2.43. The lowest BCUT2D eigenvalue weighted by atomic mass is 9.86. The zero-order valence-corrected chi connectivity index (χ0v) is 5.71. The minimum Gasteiger partial charge on any atom is -0.393 e. The van der Waals surface area contributed by atoms with Crippen LogP contribution in [0, 0.1) is 11.8 Å². The topological polar surface area (TPSA) is 20.2 Å². The third kappa shape index (κ3) is 0.787. The van der Waals surface area contributed by atoms with Crippen LogP contribution in [0.4, 0.5) is 0 Å². The summed E-state index contributed by atoms with van der Waals surface area (Å²) in [5, 5.41) is 9.51. The molecule has 2 bridgehead atoms. The molecule has 2 fully saturated rings. The van der Waals surface area contributed by atoms with E-state index < -0.39 is 0 Å². The number of aliphatic hydroxyl groups excluding tert-OH is 1. The Kier molecular flexibility index (Phi) is 1.26. The van der Waals surface area contributed by atoms with Gasteiger partial charge in [-0.3, -0.25) is 0 Å². The Labute approximate surface area is 56.1 Å². The normalized spacial score (nSPS) is 49.7. The second-order valence-corrected chi connectivity index (χ2v) is 3.52. The van der Waals surface area contributed by atoms with Crippen LogP contribution in [0.15, 0.2) is 0 Å². The van der Waals surface area contributed by atoms with Crippen molar-refractivity contribution in [3.05, 3.63) is 0 Å². The Morgan fingerprint density at radius 2 is 1.44 bits per heavy atom. The largest absolute Gasteiger partial charge is 0.393 e. The van der Waals surface area contributed by atoms with E-state index in [9.17, 15) is 5.11 Å². The highest BCUT2D eigenvalue weighted by Crippen LogP contribution is 2.41. The van der Waals surface area contributed by atoms with Crippen LogP contribution in [0.2, 0.25) is 0 Å². The maximum Gasteiger partial charge on any atom is 0.0596 e. The zero-order chi connectivity index (χ0) is 6.27. The molecule has 0 amide bonds. The van der Waals surface area contributed by atoms with Crippen LogP contribution in [-0.4, -0.2) is 11.2 Å². The van der Waals surface area contributed by atoms with Crippen molar-refractivity contribution in [1.29, 1.82) is 0 Å². The molecular formula is C8H14O. The molecule has 1 nitrogen and oxygen atoms in total. The van der Waals surface area contributed by atoms with Crippen LogP contribution in [-0.2, 0) is 0 Å². The molecule has 0 spiro atoms. The van der Waals surface area contributed by atoms with Gasteiger partial charge in [-0.2, -0.15) is 0 Å². The second-order valence-electron chi connectivity index (χ2n) is 3.52. The van der Waals surface area contributed by atoms with E-state index in [1.165, 1.54) is 32.1 Å². The van der Waals surface area contributed by atoms with Gasteiger partial charge in [-0.25, -0.2) is 0 Å². The number of fused-ring (bicyclic) bond motifs is 2. The molecule has 0 heterocycles. The SMILES string of the molecule is OC1[C@H]2CCC[C@H]1CC2. The summed E-state index contributed by atoms with van der Waals surface area (Å²) < 4.78 is 0. The molecule has 1 N–H and O–H groups in total. The predicted molar refractivity (Wildman–Crippen MR) is 36.1 cm³/mol. The van der Waals surface area contributed by atoms with E-state index in [0.29, 0.717) is 11.8 Å². The van der Waals surface area contributed by atoms with Gasteiger partial charge in [0.2, 0.25) is 0 Å². The number of hydrogen-bond donors (Lipinski definition) is 1. The van der Waals surface area contributed by atoms with Gasteiger partial charge >= 0.3 is 0 Å². The average Bonchev–Trinajstić information content (AvgIpc) is 2.19. The molecule has 0 saturated heterocycles. The summed E-state index contributed by atoms with van der Waals surface area (Å²) in [6.45, 7) is 0. The molecule has 0 aliphatic heterocycles. The average molecular weight is 126 g/mol. The maximum absolute atomic E-state index is 9.51. The Morgan fingerprint density at radius 3 is 1.89 bits per heavy atom. The van der Waals surface area contributed by atoms with Crippen LogP contribution >= 0.6 is 0 Å². The van der Waals surface area contributed by atoms with E-state index in [-0.39, 0.29) is 6.10 Å². The molecule has 2 rings (SSSR count). The van der Waals surface area contributed by atoms with E-state index in [4.69, 9.17) is 0 Å². The summed E-state index contributed by atoms with van der Waals surface area (Å²) >= 11 is 0. The summed E-state index contributed by atoms with van der Waals surface area (Å²) in [5.41, 5.74) is 0. The van der Waals surface area contributed by atoms with Gasteiger partial charge in [0.05, 0.1) is 6.10 Å². The summed E-state index contributed by atoms with van der Waals surface area (Å²) in [6.07, 6.45) is 6.62. The minimum atomic E-state index is 0.0822. The Morgan fingerprint density at radius 1 is 0.889 bits per heavy atom. The van der Waals surface area contributed by atoms with Crippen molar-refractivity contribution in [3.63, 3.8) is 0 Å². The first-order chi connectivity index (χ1) is 4.38. The molecule has 0 aromatic carbocycles. The van der Waals surface area contributed by atoms with Crippen LogP contribution in [0.3, 0.4) is 0 Å². The molecule has 9 heavy (non-hydrogen) atoms. The van der Waals surface area contributed by atoms with Crippen molar-refractivity contribution < 1.29 is 5.11 Å². The molecule has 0 aromatic rings. The third-order valence-electron chi connectivity index (χ3n) is 3.02. The van der Waals surface area contributed by atoms with Crippen LogP contribution in [0.25, 0.3) is 0 Å². The quantitative estimate of drug-likeness (QED) is 0.522. The molecule has 2 aliphatic rings. The maximum atomic E-state index is 9.51. The Balaban J connectivity index is 2.10. The molecule has 0 unspecified atom stereocenters. The second kappa shape index (κ2) is 1.98. The molecule has 2 saturated carbocycles. The van der Waals surface area contributed by atoms with E-state index in [1.54, 1.807) is 0 Å². The van der Waals surface area contributed by atoms with E-state index in [2.05, 4.69) is 0 Å². The Hall–Kier alpha value is -0.0400. The van der Waals surface area contributed by atoms with Crippen molar-refractivity contribution in [2.24, 2.45) is 11.8 Å². The highest BCUT2D eigenvalue weighted by molar-refractivity contribution is 4.88. The molecule has 2 aliphatic carbocycles. The minimum absolute atomic E-state index is 0.0822. The van der Waals surface area contributed by atoms with Crippen LogP contribution in [0.1, 0.15) is 32.1 Å². The Bertz CT molecular complexity index is 95.1. The predicted octanol–water partition coefficient (Wildman–Crippen LogP) is 1.56. The first-order valence-corrected chi connectivity index (χ1v) is 4.06. The van der Waals surface area contributed by atoms with Gasteiger partial charge in [-0.15, -0.1) is 0 Å². The lowest BCUT2D eigenvalue weighted by Crippen LogP contribution is -2.24. The fraction of sp³-hybridized carbons (Fsp3) is 1.00. The van der Waals surface area contributed by atoms with E-state index in [0.717, 1.165) is 0 Å². The summed E-state index contributed by atoms with van der Waals surface area (Å²) in [6, 6.07) is 0. The lowest BCUT2D eigenvalue weighted by molar-refractivity contribution is 0.0605. The van der Waals surface area contributed by atoms with Gasteiger partial charge in [0.25, 0.3) is 0 Å². The first kappa shape index (κ1) is 5.72. The highest BCUT2D eigenvalue weighted by Gasteiger charge is 2.37. The first-order valence-electron chi connectivity index (χ1n) is 4.06. The molecule has 0 aromatic heterocycles. The summed E-state index contributed by atoms with van der Waals surface area (Å²) in [7, 11) is 0. The van der Waals surface area contributed by atoms with Crippen LogP contribution in [0.5, 0.6) is 0 Å². The molecule has 1 heteroatoms. The molecule has 2 atom stereocenters. The highest BCUT2D eigenvalue weighted by atomic mass is 16.3. The fourth-order valence-corrected chi connectivity index (χ4v) is 2.43. The standard InChI is InChI=1S/C8H14O/c9-8-6-2-1-3-7(8)5-4-6/h6-9H,1-5H2/t6-,7-/m0/s1. The van der Waals surface area contributed by atoms with Gasteiger partial charge < -0.3 is 5.11 Å². The molecule has 52 valence electrons. The van der Waals surface area contributed by atoms with E-state index in [1.807, 2.05) is 0 Å². The van der Waals surface area contributed by atoms with Gasteiger partial charge in [0.15, 0.2) is 0 Å². The van der Waals surface area contributed by atoms with Gasteiger partial charge in [-0.05, 0) is 37.5 Å². The molecular weight excluding hydrogens is 112 g/mol. The monoisotopic (exact) mass is 126 g/mol. The molecule has 0 radical (unpaired) electrons. The van der Waals surface area contributed by atoms with Crippen molar-refractivity contribution in [2.75, 3.05) is 0 Å². The summed E-state index contributed by atoms with van der Waals surface area (Å²) in [5.74, 6) is 1.37. The van der Waals surface area contributed by atoms with Crippen molar-refractivity contribution in [2.45, 2.75) is 38.2 Å². The van der Waals surface area contributed by atoms with Gasteiger partial charge in [-0.1, -0.05) is 6.42 Å². The smallest absolute Gasteiger partial charge is 0.0596 e. The van der Waals surface area contributed by atoms with Crippen molar-refractivity contribution >= 4 is 0 Å². The van der Waals surface area contributed by atoms with Crippen molar-refractivity contribution in [3.8, 4) is 0 Å².